The van der Waals surface area contributed by atoms with Crippen molar-refractivity contribution < 1.29 is 18.0 Å². The summed E-state index contributed by atoms with van der Waals surface area (Å²) in [5.74, 6) is -0.338. The summed E-state index contributed by atoms with van der Waals surface area (Å²) in [6, 6.07) is 4.05. The van der Waals surface area contributed by atoms with Gasteiger partial charge in [0.05, 0.1) is 0 Å². The van der Waals surface area contributed by atoms with Crippen molar-refractivity contribution in [2.24, 2.45) is 0 Å². The number of halogens is 3. The predicted molar refractivity (Wildman–Crippen MR) is 96.2 cm³/mol. The fourth-order valence-electron chi connectivity index (χ4n) is 1.97. The summed E-state index contributed by atoms with van der Waals surface area (Å²) in [5.41, 5.74) is -0.672. The van der Waals surface area contributed by atoms with Crippen molar-refractivity contribution in [1.29, 1.82) is 0 Å². The number of carbonyl (C=O) groups is 1. The molecule has 5 nitrogen and oxygen atoms in total. The van der Waals surface area contributed by atoms with E-state index in [0.717, 1.165) is 31.9 Å². The van der Waals surface area contributed by atoms with Crippen LogP contribution in [0.4, 0.5) is 19.1 Å². The van der Waals surface area contributed by atoms with E-state index < -0.39 is 57.2 Å². The van der Waals surface area contributed by atoms with Crippen LogP contribution in [-0.4, -0.2) is 60.4 Å². The summed E-state index contributed by atoms with van der Waals surface area (Å²) in [4.78, 5) is 34.1. The second-order valence-electron chi connectivity index (χ2n) is 6.21. The third kappa shape index (κ3) is 5.53. The zero-order valence-electron chi connectivity index (χ0n) is 14.3. The van der Waals surface area contributed by atoms with Gasteiger partial charge in [0.15, 0.2) is 0 Å². The van der Waals surface area contributed by atoms with E-state index in [1.807, 2.05) is 0 Å². The van der Waals surface area contributed by atoms with Crippen molar-refractivity contribution in [3.8, 4) is 0 Å². The molecule has 0 radical (unpaired) electrons. The molecule has 0 saturated heterocycles. The van der Waals surface area contributed by atoms with Gasteiger partial charge in [-0.15, -0.1) is 0 Å². The first-order chi connectivity index (χ1) is 11.6. The third-order valence-electron chi connectivity index (χ3n) is 3.40. The van der Waals surface area contributed by atoms with Crippen LogP contribution in [0.3, 0.4) is 0 Å². The Hall–Kier alpha value is -0.913. The van der Waals surface area contributed by atoms with Gasteiger partial charge in [-0.2, -0.15) is 0 Å². The van der Waals surface area contributed by atoms with Gasteiger partial charge >= 0.3 is 159 Å². The molecule has 10 heteroatoms. The number of aromatic nitrogens is 3. The van der Waals surface area contributed by atoms with Gasteiger partial charge in [-0.25, -0.2) is 0 Å². The van der Waals surface area contributed by atoms with Crippen molar-refractivity contribution in [3.63, 3.8) is 0 Å². The molecule has 0 unspecified atom stereocenters. The summed E-state index contributed by atoms with van der Waals surface area (Å²) in [7, 11) is 0. The molecule has 0 aliphatic carbocycles. The van der Waals surface area contributed by atoms with Gasteiger partial charge < -0.3 is 0 Å². The Morgan fingerprint density at radius 1 is 0.920 bits per heavy atom. The summed E-state index contributed by atoms with van der Waals surface area (Å²) in [6.07, 6.45) is -4.43. The van der Waals surface area contributed by atoms with Crippen LogP contribution >= 0.6 is 0 Å². The first-order valence-corrected chi connectivity index (χ1v) is 24.3. The molecule has 1 amide bonds. The van der Waals surface area contributed by atoms with Gasteiger partial charge in [-0.3, -0.25) is 0 Å². The Morgan fingerprint density at radius 3 is 1.80 bits per heavy atom. The minimum atomic E-state index is -4.43. The normalized spacial score (nSPS) is 11.9. The van der Waals surface area contributed by atoms with Crippen LogP contribution in [-0.2, 0) is 6.18 Å². The van der Waals surface area contributed by atoms with E-state index in [1.54, 1.807) is 0 Å². The Labute approximate surface area is 158 Å². The maximum atomic E-state index is 12.6. The maximum absolute atomic E-state index is 12.6. The van der Waals surface area contributed by atoms with Crippen LogP contribution in [0, 0.1) is 0 Å². The van der Waals surface area contributed by atoms with E-state index in [4.69, 9.17) is 0 Å². The molecule has 0 aliphatic heterocycles. The molecule has 0 atom stereocenters. The van der Waals surface area contributed by atoms with E-state index in [2.05, 4.69) is 40.0 Å². The molecule has 0 saturated carbocycles. The number of nitrogens with zero attached hydrogens (tertiary/aromatic N) is 3. The molecule has 0 bridgehead atoms. The van der Waals surface area contributed by atoms with E-state index in [0.29, 0.717) is 0 Å². The van der Waals surface area contributed by atoms with E-state index >= 15 is 0 Å². The first-order valence-electron chi connectivity index (χ1n) is 7.82. The Kier molecular flexibility index (Phi) is 6.68. The molecule has 0 aliphatic rings. The molecule has 1 heterocycles. The van der Waals surface area contributed by atoms with E-state index in [1.165, 1.54) is 0 Å². The number of hydrogen-bond donors (Lipinski definition) is 1. The molecule has 2 rings (SSSR count). The van der Waals surface area contributed by atoms with Crippen LogP contribution in [0.1, 0.15) is 15.9 Å². The summed E-state index contributed by atoms with van der Waals surface area (Å²) in [5, 5.41) is 2.59. The van der Waals surface area contributed by atoms with Crippen molar-refractivity contribution in [2.75, 3.05) is 5.32 Å². The van der Waals surface area contributed by atoms with Crippen molar-refractivity contribution in [1.82, 2.24) is 15.0 Å². The number of carbonyl (C=O) groups excluding carboxylic acids is 1. The van der Waals surface area contributed by atoms with Crippen LogP contribution in [0.2, 0.25) is 19.8 Å². The van der Waals surface area contributed by atoms with Crippen LogP contribution in [0.25, 0.3) is 0 Å². The molecular weight excluding hydrogens is 547 g/mol. The van der Waals surface area contributed by atoms with E-state index in [9.17, 15) is 18.0 Å². The fourth-order valence-corrected chi connectivity index (χ4v) is 7.58. The molecule has 134 valence electrons. The second-order valence-corrected chi connectivity index (χ2v) is 22.3. The monoisotopic (exact) mass is 568 g/mol. The zero-order chi connectivity index (χ0) is 18.8. The number of rotatable bonds is 4. The predicted octanol–water partition coefficient (Wildman–Crippen LogP) is 1.53. The number of nitrogens with one attached hydrogen (secondary N) is 1. The van der Waals surface area contributed by atoms with Gasteiger partial charge in [-0.05, 0) is 0 Å². The minimum absolute atomic E-state index is 0.123. The Morgan fingerprint density at radius 2 is 1.40 bits per heavy atom. The second kappa shape index (κ2) is 8.19. The van der Waals surface area contributed by atoms with Gasteiger partial charge in [0.2, 0.25) is 0 Å². The van der Waals surface area contributed by atoms with Crippen molar-refractivity contribution in [3.05, 3.63) is 35.4 Å². The number of hydrogen-bond acceptors (Lipinski definition) is 4. The standard InChI is InChI=1S/C11H5F3N4O.4CH3.2Sn.2H/c12-11(13,14)8-3-1-7(2-4-8)9(19)18-10-16-5-15-6-17-10;;;;;;;;/h1-4H,(H,15,16,17,18,19);4*1H3;;;;. The quantitative estimate of drug-likeness (QED) is 0.572. The first kappa shape index (κ1) is 20.4. The molecule has 0 fully saturated rings. The fraction of sp³-hybridized carbons (Fsp3) is 0.333. The van der Waals surface area contributed by atoms with Gasteiger partial charge in [0, 0.05) is 0 Å². The van der Waals surface area contributed by atoms with Crippen molar-refractivity contribution in [2.45, 2.75) is 25.9 Å². The topological polar surface area (TPSA) is 67.8 Å². The molecule has 1 aromatic carbocycles. The van der Waals surface area contributed by atoms with Crippen molar-refractivity contribution >= 4 is 59.1 Å². The number of alkyl halides is 3. The van der Waals surface area contributed by atoms with Crippen LogP contribution < -0.4 is 13.0 Å². The molecule has 0 spiro atoms. The average Bonchev–Trinajstić information content (AvgIpc) is 2.53. The number of benzene rings is 1. The summed E-state index contributed by atoms with van der Waals surface area (Å²) in [6.45, 7) is 0. The Bertz CT molecular complexity index is 738. The molecule has 25 heavy (non-hydrogen) atoms. The van der Waals surface area contributed by atoms with Gasteiger partial charge in [-0.1, -0.05) is 0 Å². The van der Waals surface area contributed by atoms with E-state index in [-0.39, 0.29) is 11.5 Å². The average molecular weight is 566 g/mol. The van der Waals surface area contributed by atoms with Gasteiger partial charge in [0.25, 0.3) is 0 Å². The third-order valence-corrected chi connectivity index (χ3v) is 10.8. The molecule has 1 N–H and O–H groups in total. The van der Waals surface area contributed by atoms with Gasteiger partial charge in [0.1, 0.15) is 0 Å². The zero-order valence-corrected chi connectivity index (χ0v) is 20.9. The molecule has 1 aromatic heterocycles. The summed E-state index contributed by atoms with van der Waals surface area (Å²) >= 11 is -3.94. The number of anilines is 1. The molecule has 2 aromatic rings. The van der Waals surface area contributed by atoms with Crippen LogP contribution in [0.15, 0.2) is 24.3 Å². The number of amides is 1. The summed E-state index contributed by atoms with van der Waals surface area (Å²) < 4.78 is 39.4. The Balaban J connectivity index is 2.25. The molecular formula is C15H19F3N4OSn2. The van der Waals surface area contributed by atoms with Crippen LogP contribution in [0.5, 0.6) is 0 Å². The SMILES string of the molecule is [CH3][SnH]([CH3])[c]1nc(NC(=O)c2ccc(C(F)(F)F)cc2)n[c]([SnH]([CH3])[CH3])n1.